The van der Waals surface area contributed by atoms with Crippen molar-refractivity contribution in [3.63, 3.8) is 0 Å². The van der Waals surface area contributed by atoms with Gasteiger partial charge in [-0.05, 0) is 25.7 Å². The van der Waals surface area contributed by atoms with E-state index >= 15 is 0 Å². The zero-order chi connectivity index (χ0) is 10.0. The van der Waals surface area contributed by atoms with Crippen LogP contribution in [0.4, 0.5) is 0 Å². The minimum absolute atomic E-state index is 0.244. The normalized spacial score (nSPS) is 30.8. The molecule has 0 spiro atoms. The summed E-state index contributed by atoms with van der Waals surface area (Å²) in [5.74, 6) is 1.15. The van der Waals surface area contributed by atoms with E-state index in [4.69, 9.17) is 0 Å². The summed E-state index contributed by atoms with van der Waals surface area (Å²) in [6.07, 6.45) is 2.06. The zero-order valence-electron chi connectivity index (χ0n) is 8.51. The lowest BCUT2D eigenvalue weighted by atomic mass is 10.2. The minimum atomic E-state index is 0.244. The molecule has 0 aromatic rings. The minimum Gasteiger partial charge on any atom is -0.353 e. The Labute approximate surface area is 88.6 Å². The fraction of sp³-hybridized carbons (Fsp3) is 0.900. The van der Waals surface area contributed by atoms with Gasteiger partial charge in [-0.15, -0.1) is 0 Å². The quantitative estimate of drug-likeness (QED) is 0.760. The molecule has 1 aliphatic carbocycles. The van der Waals surface area contributed by atoms with E-state index in [0.29, 0.717) is 16.7 Å². The van der Waals surface area contributed by atoms with Crippen molar-refractivity contribution in [1.29, 1.82) is 0 Å². The molecule has 4 unspecified atom stereocenters. The molecule has 2 nitrogen and oxygen atoms in total. The van der Waals surface area contributed by atoms with Gasteiger partial charge in [-0.2, -0.15) is 0 Å². The molecule has 1 N–H and O–H groups in total. The average Bonchev–Trinajstić information content (AvgIpc) is 2.64. The van der Waals surface area contributed by atoms with Crippen LogP contribution in [0, 0.1) is 11.8 Å². The van der Waals surface area contributed by atoms with Crippen molar-refractivity contribution >= 4 is 21.8 Å². The molecule has 0 heterocycles. The van der Waals surface area contributed by atoms with Crippen LogP contribution in [-0.2, 0) is 4.79 Å². The number of hydrogen-bond donors (Lipinski definition) is 1. The van der Waals surface area contributed by atoms with Crippen LogP contribution in [0.3, 0.4) is 0 Å². The van der Waals surface area contributed by atoms with Crippen LogP contribution in [-0.4, -0.2) is 16.8 Å². The maximum atomic E-state index is 11.5. The number of rotatable bonds is 4. The molecule has 1 amide bonds. The standard InChI is InChI=1S/C10H18BrNO/c1-6-4-9(6)10(13)12-8(3)5-7(2)11/h6-9H,4-5H2,1-3H3,(H,12,13). The van der Waals surface area contributed by atoms with Gasteiger partial charge in [0, 0.05) is 16.8 Å². The zero-order valence-corrected chi connectivity index (χ0v) is 10.1. The lowest BCUT2D eigenvalue weighted by Crippen LogP contribution is -2.35. The highest BCUT2D eigenvalue weighted by atomic mass is 79.9. The first-order valence-electron chi connectivity index (χ1n) is 4.95. The molecule has 1 saturated carbocycles. The van der Waals surface area contributed by atoms with Crippen molar-refractivity contribution in [3.05, 3.63) is 0 Å². The maximum absolute atomic E-state index is 11.5. The molecule has 76 valence electrons. The highest BCUT2D eigenvalue weighted by molar-refractivity contribution is 9.09. The summed E-state index contributed by atoms with van der Waals surface area (Å²) in [6, 6.07) is 0.287. The topological polar surface area (TPSA) is 29.1 Å². The first kappa shape index (κ1) is 11.0. The summed E-state index contributed by atoms with van der Waals surface area (Å²) in [5, 5.41) is 3.03. The van der Waals surface area contributed by atoms with Crippen molar-refractivity contribution in [2.45, 2.75) is 44.5 Å². The van der Waals surface area contributed by atoms with Crippen LogP contribution in [0.15, 0.2) is 0 Å². The first-order valence-corrected chi connectivity index (χ1v) is 5.86. The van der Waals surface area contributed by atoms with Crippen molar-refractivity contribution < 1.29 is 4.79 Å². The molecule has 1 rings (SSSR count). The summed E-state index contributed by atoms with van der Waals surface area (Å²) < 4.78 is 0. The predicted molar refractivity (Wildman–Crippen MR) is 57.9 cm³/mol. The average molecular weight is 248 g/mol. The van der Waals surface area contributed by atoms with Crippen LogP contribution in [0.2, 0.25) is 0 Å². The van der Waals surface area contributed by atoms with Gasteiger partial charge in [0.2, 0.25) is 5.91 Å². The molecule has 1 aliphatic rings. The molecular formula is C10H18BrNO. The molecule has 0 aromatic carbocycles. The van der Waals surface area contributed by atoms with E-state index in [9.17, 15) is 4.79 Å². The smallest absolute Gasteiger partial charge is 0.223 e. The van der Waals surface area contributed by atoms with Gasteiger partial charge in [0.15, 0.2) is 0 Å². The van der Waals surface area contributed by atoms with E-state index in [2.05, 4.69) is 42.0 Å². The second-order valence-corrected chi connectivity index (χ2v) is 5.81. The molecule has 3 heteroatoms. The Hall–Kier alpha value is -0.0500. The lowest BCUT2D eigenvalue weighted by molar-refractivity contribution is -0.123. The number of alkyl halides is 1. The largest absolute Gasteiger partial charge is 0.353 e. The number of carbonyl (C=O) groups excluding carboxylic acids is 1. The highest BCUT2D eigenvalue weighted by Gasteiger charge is 2.39. The first-order chi connectivity index (χ1) is 6.00. The van der Waals surface area contributed by atoms with E-state index in [1.54, 1.807) is 0 Å². The molecule has 0 saturated heterocycles. The Morgan fingerprint density at radius 2 is 2.15 bits per heavy atom. The van der Waals surface area contributed by atoms with Crippen LogP contribution in [0.25, 0.3) is 0 Å². The molecule has 0 aromatic heterocycles. The molecule has 0 bridgehead atoms. The maximum Gasteiger partial charge on any atom is 0.223 e. The van der Waals surface area contributed by atoms with Crippen LogP contribution in [0.1, 0.15) is 33.6 Å². The monoisotopic (exact) mass is 247 g/mol. The highest BCUT2D eigenvalue weighted by Crippen LogP contribution is 2.37. The van der Waals surface area contributed by atoms with Gasteiger partial charge >= 0.3 is 0 Å². The molecule has 0 radical (unpaired) electrons. The van der Waals surface area contributed by atoms with Crippen LogP contribution >= 0.6 is 15.9 Å². The number of carbonyl (C=O) groups is 1. The van der Waals surface area contributed by atoms with E-state index in [1.165, 1.54) is 0 Å². The van der Waals surface area contributed by atoms with E-state index in [-0.39, 0.29) is 11.9 Å². The van der Waals surface area contributed by atoms with E-state index in [0.717, 1.165) is 12.8 Å². The van der Waals surface area contributed by atoms with Gasteiger partial charge in [0.25, 0.3) is 0 Å². The third kappa shape index (κ3) is 3.67. The molecule has 13 heavy (non-hydrogen) atoms. The van der Waals surface area contributed by atoms with Crippen LogP contribution < -0.4 is 5.32 Å². The van der Waals surface area contributed by atoms with Gasteiger partial charge < -0.3 is 5.32 Å². The Bertz CT molecular complexity index is 193. The molecular weight excluding hydrogens is 230 g/mol. The third-order valence-electron chi connectivity index (χ3n) is 2.51. The van der Waals surface area contributed by atoms with Gasteiger partial charge in [0.1, 0.15) is 0 Å². The van der Waals surface area contributed by atoms with Crippen molar-refractivity contribution in [3.8, 4) is 0 Å². The van der Waals surface area contributed by atoms with E-state index < -0.39 is 0 Å². The van der Waals surface area contributed by atoms with E-state index in [1.807, 2.05) is 0 Å². The fourth-order valence-electron chi connectivity index (χ4n) is 1.58. The van der Waals surface area contributed by atoms with Gasteiger partial charge in [0.05, 0.1) is 0 Å². The Morgan fingerprint density at radius 3 is 2.54 bits per heavy atom. The number of amides is 1. The summed E-state index contributed by atoms with van der Waals surface area (Å²) >= 11 is 3.48. The summed E-state index contributed by atoms with van der Waals surface area (Å²) in [5.41, 5.74) is 0. The predicted octanol–water partition coefficient (Wildman–Crippen LogP) is 2.32. The van der Waals surface area contributed by atoms with Gasteiger partial charge in [-0.3, -0.25) is 4.79 Å². The SMILES string of the molecule is CC(Br)CC(C)NC(=O)C1CC1C. The molecule has 0 aliphatic heterocycles. The summed E-state index contributed by atoms with van der Waals surface area (Å²) in [7, 11) is 0. The van der Waals surface area contributed by atoms with Crippen LogP contribution in [0.5, 0.6) is 0 Å². The fourth-order valence-corrected chi connectivity index (χ4v) is 2.14. The number of hydrogen-bond acceptors (Lipinski definition) is 1. The second-order valence-electron chi connectivity index (χ2n) is 4.25. The Morgan fingerprint density at radius 1 is 1.62 bits per heavy atom. The van der Waals surface area contributed by atoms with Crippen molar-refractivity contribution in [2.75, 3.05) is 0 Å². The molecule has 4 atom stereocenters. The molecule has 1 fully saturated rings. The summed E-state index contributed by atoms with van der Waals surface area (Å²) in [4.78, 5) is 12.0. The second kappa shape index (κ2) is 4.45. The van der Waals surface area contributed by atoms with Crippen molar-refractivity contribution in [1.82, 2.24) is 5.32 Å². The Balaban J connectivity index is 2.20. The van der Waals surface area contributed by atoms with Gasteiger partial charge in [-0.1, -0.05) is 29.8 Å². The van der Waals surface area contributed by atoms with Gasteiger partial charge in [-0.25, -0.2) is 0 Å². The lowest BCUT2D eigenvalue weighted by Gasteiger charge is -2.14. The third-order valence-corrected chi connectivity index (χ3v) is 2.89. The number of nitrogens with one attached hydrogen (secondary N) is 1. The number of halogens is 1. The van der Waals surface area contributed by atoms with Crippen molar-refractivity contribution in [2.24, 2.45) is 11.8 Å². The Kier molecular flexibility index (Phi) is 3.77. The summed E-state index contributed by atoms with van der Waals surface area (Å²) in [6.45, 7) is 6.28.